The molecule has 1 aliphatic rings. The third-order valence-electron chi connectivity index (χ3n) is 4.12. The summed E-state index contributed by atoms with van der Waals surface area (Å²) in [5, 5.41) is 11.6. The lowest BCUT2D eigenvalue weighted by molar-refractivity contribution is -0.137. The number of piperidine rings is 1. The van der Waals surface area contributed by atoms with Gasteiger partial charge in [-0.3, -0.25) is 14.5 Å². The second-order valence-corrected chi connectivity index (χ2v) is 6.20. The quantitative estimate of drug-likeness (QED) is 0.652. The van der Waals surface area contributed by atoms with Gasteiger partial charge in [-0.2, -0.15) is 0 Å². The van der Waals surface area contributed by atoms with Crippen LogP contribution in [0, 0.1) is 0 Å². The Morgan fingerprint density at radius 2 is 1.80 bits per heavy atom. The number of carboxylic acids is 1. The van der Waals surface area contributed by atoms with Crippen LogP contribution in [0.15, 0.2) is 30.3 Å². The van der Waals surface area contributed by atoms with Crippen molar-refractivity contribution in [2.45, 2.75) is 25.4 Å². The SMILES string of the molecule is NC(=O)CN(CC(=O)O)C(=O)NC1CCN(Cc2ccccc2)CC1. The Bertz CT molecular complexity index is 584. The average molecular weight is 348 g/mol. The maximum Gasteiger partial charge on any atom is 0.323 e. The van der Waals surface area contributed by atoms with E-state index in [0.29, 0.717) is 0 Å². The first-order valence-electron chi connectivity index (χ1n) is 8.26. The minimum absolute atomic E-state index is 0.0382. The first kappa shape index (κ1) is 18.7. The standard InChI is InChI=1S/C17H24N4O4/c18-15(22)11-21(12-16(23)24)17(25)19-14-6-8-20(9-7-14)10-13-4-2-1-3-5-13/h1-5,14H,6-12H2,(H2,18,22)(H,19,25)(H,23,24). The maximum absolute atomic E-state index is 12.2. The summed E-state index contributed by atoms with van der Waals surface area (Å²) in [6.45, 7) is 1.59. The van der Waals surface area contributed by atoms with Crippen molar-refractivity contribution in [3.8, 4) is 0 Å². The fourth-order valence-corrected chi connectivity index (χ4v) is 2.89. The minimum Gasteiger partial charge on any atom is -0.480 e. The number of benzene rings is 1. The molecule has 136 valence electrons. The van der Waals surface area contributed by atoms with Gasteiger partial charge in [0, 0.05) is 25.7 Å². The number of aliphatic carboxylic acids is 1. The highest BCUT2D eigenvalue weighted by molar-refractivity contribution is 5.86. The summed E-state index contributed by atoms with van der Waals surface area (Å²) in [7, 11) is 0. The second kappa shape index (κ2) is 9.03. The van der Waals surface area contributed by atoms with Crippen molar-refractivity contribution in [1.29, 1.82) is 0 Å². The van der Waals surface area contributed by atoms with Gasteiger partial charge >= 0.3 is 12.0 Å². The number of nitrogens with two attached hydrogens (primary N) is 1. The third kappa shape index (κ3) is 6.42. The molecular formula is C17H24N4O4. The molecule has 0 spiro atoms. The highest BCUT2D eigenvalue weighted by Gasteiger charge is 2.24. The van der Waals surface area contributed by atoms with Gasteiger partial charge in [0.25, 0.3) is 0 Å². The first-order valence-corrected chi connectivity index (χ1v) is 8.26. The van der Waals surface area contributed by atoms with E-state index in [4.69, 9.17) is 10.8 Å². The van der Waals surface area contributed by atoms with E-state index in [1.54, 1.807) is 0 Å². The number of nitrogens with zero attached hydrogens (tertiary/aromatic N) is 2. The van der Waals surface area contributed by atoms with Gasteiger partial charge < -0.3 is 21.1 Å². The molecule has 8 heteroatoms. The van der Waals surface area contributed by atoms with Gasteiger partial charge in [0.1, 0.15) is 13.1 Å². The average Bonchev–Trinajstić information content (AvgIpc) is 2.56. The fourth-order valence-electron chi connectivity index (χ4n) is 2.89. The predicted octanol–water partition coefficient (Wildman–Crippen LogP) is 0.233. The second-order valence-electron chi connectivity index (χ2n) is 6.20. The van der Waals surface area contributed by atoms with Crippen LogP contribution in [0.2, 0.25) is 0 Å². The number of carbonyl (C=O) groups excluding carboxylic acids is 2. The number of carbonyl (C=O) groups is 3. The smallest absolute Gasteiger partial charge is 0.323 e. The van der Waals surface area contributed by atoms with Crippen LogP contribution in [-0.4, -0.2) is 65.0 Å². The normalized spacial score (nSPS) is 15.5. The number of hydrogen-bond acceptors (Lipinski definition) is 4. The Morgan fingerprint density at radius 1 is 1.16 bits per heavy atom. The summed E-state index contributed by atoms with van der Waals surface area (Å²) >= 11 is 0. The van der Waals surface area contributed by atoms with Crippen molar-refractivity contribution in [3.05, 3.63) is 35.9 Å². The lowest BCUT2D eigenvalue weighted by Gasteiger charge is -2.33. The summed E-state index contributed by atoms with van der Waals surface area (Å²) in [5.74, 6) is -1.93. The van der Waals surface area contributed by atoms with Gasteiger partial charge in [0.15, 0.2) is 0 Å². The number of urea groups is 1. The van der Waals surface area contributed by atoms with Crippen LogP contribution >= 0.6 is 0 Å². The molecule has 1 saturated heterocycles. The van der Waals surface area contributed by atoms with Crippen molar-refractivity contribution in [1.82, 2.24) is 15.1 Å². The minimum atomic E-state index is -1.19. The van der Waals surface area contributed by atoms with Gasteiger partial charge in [-0.25, -0.2) is 4.79 Å². The number of primary amides is 1. The van der Waals surface area contributed by atoms with E-state index in [1.165, 1.54) is 5.56 Å². The predicted molar refractivity (Wildman–Crippen MR) is 91.7 cm³/mol. The molecule has 0 aliphatic carbocycles. The van der Waals surface area contributed by atoms with Crippen molar-refractivity contribution in [2.75, 3.05) is 26.2 Å². The van der Waals surface area contributed by atoms with Gasteiger partial charge in [0.2, 0.25) is 5.91 Å². The molecule has 4 N–H and O–H groups in total. The van der Waals surface area contributed by atoms with Crippen molar-refractivity contribution >= 4 is 17.9 Å². The molecule has 25 heavy (non-hydrogen) atoms. The summed E-state index contributed by atoms with van der Waals surface area (Å²) < 4.78 is 0. The molecule has 0 aromatic heterocycles. The molecule has 1 heterocycles. The van der Waals surface area contributed by atoms with E-state index in [1.807, 2.05) is 18.2 Å². The Balaban J connectivity index is 1.80. The Kier molecular flexibility index (Phi) is 6.76. The van der Waals surface area contributed by atoms with Crippen molar-refractivity contribution < 1.29 is 19.5 Å². The summed E-state index contributed by atoms with van der Waals surface area (Å²) in [4.78, 5) is 37.2. The van der Waals surface area contributed by atoms with E-state index in [2.05, 4.69) is 22.3 Å². The highest BCUT2D eigenvalue weighted by atomic mass is 16.4. The molecule has 1 aliphatic heterocycles. The zero-order valence-electron chi connectivity index (χ0n) is 14.1. The number of amides is 3. The van der Waals surface area contributed by atoms with Gasteiger partial charge in [0.05, 0.1) is 0 Å². The molecule has 2 rings (SSSR count). The summed E-state index contributed by atoms with van der Waals surface area (Å²) in [5.41, 5.74) is 6.32. The monoisotopic (exact) mass is 348 g/mol. The maximum atomic E-state index is 12.2. The van der Waals surface area contributed by atoms with Gasteiger partial charge in [-0.15, -0.1) is 0 Å². The molecule has 0 saturated carbocycles. The Labute approximate surface area is 146 Å². The third-order valence-corrected chi connectivity index (χ3v) is 4.12. The fraction of sp³-hybridized carbons (Fsp3) is 0.471. The lowest BCUT2D eigenvalue weighted by atomic mass is 10.0. The number of rotatable bonds is 7. The lowest BCUT2D eigenvalue weighted by Crippen LogP contribution is -2.52. The molecule has 1 aromatic rings. The van der Waals surface area contributed by atoms with E-state index >= 15 is 0 Å². The molecule has 3 amide bonds. The number of hydrogen-bond donors (Lipinski definition) is 3. The van der Waals surface area contributed by atoms with E-state index in [0.717, 1.165) is 37.4 Å². The zero-order valence-corrected chi connectivity index (χ0v) is 14.1. The molecular weight excluding hydrogens is 324 g/mol. The van der Waals surface area contributed by atoms with Gasteiger partial charge in [-0.05, 0) is 18.4 Å². The number of likely N-dealkylation sites (tertiary alicyclic amines) is 1. The van der Waals surface area contributed by atoms with Crippen LogP contribution in [0.25, 0.3) is 0 Å². The van der Waals surface area contributed by atoms with Crippen LogP contribution in [0.3, 0.4) is 0 Å². The van der Waals surface area contributed by atoms with E-state index < -0.39 is 31.0 Å². The summed E-state index contributed by atoms with van der Waals surface area (Å²) in [6, 6.07) is 9.57. The molecule has 0 bridgehead atoms. The van der Waals surface area contributed by atoms with Crippen molar-refractivity contribution in [2.24, 2.45) is 5.73 Å². The van der Waals surface area contributed by atoms with E-state index in [-0.39, 0.29) is 6.04 Å². The molecule has 1 aromatic carbocycles. The highest BCUT2D eigenvalue weighted by Crippen LogP contribution is 2.14. The molecule has 1 fully saturated rings. The molecule has 8 nitrogen and oxygen atoms in total. The van der Waals surface area contributed by atoms with Crippen LogP contribution in [0.4, 0.5) is 4.79 Å². The van der Waals surface area contributed by atoms with Crippen LogP contribution in [0.1, 0.15) is 18.4 Å². The Hall–Kier alpha value is -2.61. The first-order chi connectivity index (χ1) is 11.9. The van der Waals surface area contributed by atoms with Gasteiger partial charge in [-0.1, -0.05) is 30.3 Å². The van der Waals surface area contributed by atoms with Crippen LogP contribution in [-0.2, 0) is 16.1 Å². The topological polar surface area (TPSA) is 116 Å². The van der Waals surface area contributed by atoms with Crippen LogP contribution in [0.5, 0.6) is 0 Å². The summed E-state index contributed by atoms with van der Waals surface area (Å²) in [6.07, 6.45) is 1.55. The Morgan fingerprint density at radius 3 is 2.36 bits per heavy atom. The molecule has 0 atom stereocenters. The number of carboxylic acid groups (broad SMARTS) is 1. The number of nitrogens with one attached hydrogen (secondary N) is 1. The molecule has 0 radical (unpaired) electrons. The largest absolute Gasteiger partial charge is 0.480 e. The van der Waals surface area contributed by atoms with Crippen LogP contribution < -0.4 is 11.1 Å². The van der Waals surface area contributed by atoms with Crippen molar-refractivity contribution in [3.63, 3.8) is 0 Å². The zero-order chi connectivity index (χ0) is 18.2. The van der Waals surface area contributed by atoms with E-state index in [9.17, 15) is 14.4 Å². The molecule has 0 unspecified atom stereocenters.